The van der Waals surface area contributed by atoms with Crippen molar-refractivity contribution in [2.45, 2.75) is 19.9 Å². The van der Waals surface area contributed by atoms with Gasteiger partial charge in [-0.1, -0.05) is 29.8 Å². The molecule has 2 rings (SSSR count). The Bertz CT molecular complexity index is 712. The van der Waals surface area contributed by atoms with Crippen LogP contribution in [0.3, 0.4) is 0 Å². The van der Waals surface area contributed by atoms with Gasteiger partial charge in [-0.05, 0) is 24.6 Å². The zero-order valence-electron chi connectivity index (χ0n) is 13.1. The molecule has 122 valence electrons. The molecule has 1 aromatic heterocycles. The number of amides is 2. The predicted octanol–water partition coefficient (Wildman–Crippen LogP) is 1.82. The molecule has 0 aliphatic carbocycles. The minimum Gasteiger partial charge on any atom is -0.352 e. The molecule has 0 atom stereocenters. The highest BCUT2D eigenvalue weighted by Gasteiger charge is 2.11. The first-order valence-corrected chi connectivity index (χ1v) is 7.64. The van der Waals surface area contributed by atoms with Gasteiger partial charge in [-0.2, -0.15) is 5.10 Å². The molecule has 0 saturated carbocycles. The molecule has 7 heteroatoms. The summed E-state index contributed by atoms with van der Waals surface area (Å²) in [6.45, 7) is 2.45. The number of hydrogen-bond acceptors (Lipinski definition) is 3. The highest BCUT2D eigenvalue weighted by atomic mass is 35.5. The molecule has 0 bridgehead atoms. The summed E-state index contributed by atoms with van der Waals surface area (Å²) in [5.74, 6) is -0.390. The smallest absolute Gasteiger partial charge is 0.269 e. The number of halogens is 1. The first-order chi connectivity index (χ1) is 11.0. The van der Waals surface area contributed by atoms with Gasteiger partial charge in [0.05, 0.1) is 5.69 Å². The molecule has 6 nitrogen and oxygen atoms in total. The molecular weight excluding hydrogens is 316 g/mol. The summed E-state index contributed by atoms with van der Waals surface area (Å²) in [5.41, 5.74) is 2.10. The van der Waals surface area contributed by atoms with Crippen molar-refractivity contribution in [1.29, 1.82) is 0 Å². The molecule has 1 heterocycles. The molecule has 0 saturated heterocycles. The van der Waals surface area contributed by atoms with Gasteiger partial charge in [0.2, 0.25) is 5.91 Å². The van der Waals surface area contributed by atoms with Crippen LogP contribution >= 0.6 is 11.6 Å². The van der Waals surface area contributed by atoms with Gasteiger partial charge >= 0.3 is 0 Å². The van der Waals surface area contributed by atoms with Crippen molar-refractivity contribution in [3.8, 4) is 0 Å². The van der Waals surface area contributed by atoms with Crippen molar-refractivity contribution in [2.24, 2.45) is 7.05 Å². The van der Waals surface area contributed by atoms with Crippen LogP contribution in [0.15, 0.2) is 30.3 Å². The summed E-state index contributed by atoms with van der Waals surface area (Å²) < 4.78 is 1.52. The molecule has 0 aliphatic rings. The topological polar surface area (TPSA) is 76.0 Å². The van der Waals surface area contributed by atoms with E-state index in [1.165, 1.54) is 4.68 Å². The van der Waals surface area contributed by atoms with E-state index in [0.29, 0.717) is 17.3 Å². The SMILES string of the molecule is Cc1cc(C(=O)NCCC(=O)NCc2ccccc2Cl)n(C)n1. The van der Waals surface area contributed by atoms with E-state index in [0.717, 1.165) is 11.3 Å². The fourth-order valence-electron chi connectivity index (χ4n) is 2.13. The number of hydrogen-bond donors (Lipinski definition) is 2. The van der Waals surface area contributed by atoms with E-state index in [4.69, 9.17) is 11.6 Å². The number of benzene rings is 1. The standard InChI is InChI=1S/C16H19ClN4O2/c1-11-9-14(21(2)20-11)16(23)18-8-7-15(22)19-10-12-5-3-4-6-13(12)17/h3-6,9H,7-8,10H2,1-2H3,(H,18,23)(H,19,22). The van der Waals surface area contributed by atoms with Crippen molar-refractivity contribution in [3.63, 3.8) is 0 Å². The summed E-state index contributed by atoms with van der Waals surface area (Å²) in [5, 5.41) is 10.2. The lowest BCUT2D eigenvalue weighted by molar-refractivity contribution is -0.121. The Balaban J connectivity index is 1.74. The summed E-state index contributed by atoms with van der Waals surface area (Å²) in [6.07, 6.45) is 0.201. The predicted molar refractivity (Wildman–Crippen MR) is 88.2 cm³/mol. The van der Waals surface area contributed by atoms with Crippen LogP contribution in [0.1, 0.15) is 28.2 Å². The second-order valence-electron chi connectivity index (χ2n) is 5.17. The number of nitrogens with one attached hydrogen (secondary N) is 2. The largest absolute Gasteiger partial charge is 0.352 e. The molecule has 1 aromatic carbocycles. The fourth-order valence-corrected chi connectivity index (χ4v) is 2.33. The minimum absolute atomic E-state index is 0.147. The Hall–Kier alpha value is -2.34. The van der Waals surface area contributed by atoms with Gasteiger partial charge in [0.1, 0.15) is 5.69 Å². The van der Waals surface area contributed by atoms with Crippen molar-refractivity contribution in [1.82, 2.24) is 20.4 Å². The van der Waals surface area contributed by atoms with Crippen LogP contribution in [-0.4, -0.2) is 28.1 Å². The van der Waals surface area contributed by atoms with Gasteiger partial charge in [0, 0.05) is 31.6 Å². The Morgan fingerprint density at radius 3 is 2.65 bits per heavy atom. The molecule has 2 amide bonds. The number of rotatable bonds is 6. The van der Waals surface area contributed by atoms with E-state index in [9.17, 15) is 9.59 Å². The quantitative estimate of drug-likeness (QED) is 0.846. The summed E-state index contributed by atoms with van der Waals surface area (Å²) in [7, 11) is 1.71. The Labute approximate surface area is 139 Å². The van der Waals surface area contributed by atoms with Crippen LogP contribution in [0.2, 0.25) is 5.02 Å². The van der Waals surface area contributed by atoms with Gasteiger partial charge in [-0.3, -0.25) is 14.3 Å². The number of carbonyl (C=O) groups is 2. The molecule has 0 spiro atoms. The van der Waals surface area contributed by atoms with Gasteiger partial charge in [0.15, 0.2) is 0 Å². The van der Waals surface area contributed by atoms with Crippen LogP contribution in [0.4, 0.5) is 0 Å². The second kappa shape index (κ2) is 7.78. The normalized spacial score (nSPS) is 10.4. The third-order valence-corrected chi connectivity index (χ3v) is 3.67. The highest BCUT2D eigenvalue weighted by molar-refractivity contribution is 6.31. The zero-order valence-corrected chi connectivity index (χ0v) is 13.9. The molecule has 0 aliphatic heterocycles. The van der Waals surface area contributed by atoms with Crippen LogP contribution in [-0.2, 0) is 18.4 Å². The molecular formula is C16H19ClN4O2. The maximum atomic E-state index is 12.0. The Kier molecular flexibility index (Phi) is 5.76. The highest BCUT2D eigenvalue weighted by Crippen LogP contribution is 2.14. The van der Waals surface area contributed by atoms with E-state index in [2.05, 4.69) is 15.7 Å². The molecule has 0 unspecified atom stereocenters. The average Bonchev–Trinajstić information content (AvgIpc) is 2.85. The first-order valence-electron chi connectivity index (χ1n) is 7.26. The van der Waals surface area contributed by atoms with Gasteiger partial charge < -0.3 is 10.6 Å². The third-order valence-electron chi connectivity index (χ3n) is 3.31. The van der Waals surface area contributed by atoms with Crippen molar-refractivity contribution >= 4 is 23.4 Å². The van der Waals surface area contributed by atoms with E-state index in [1.54, 1.807) is 19.2 Å². The van der Waals surface area contributed by atoms with Crippen molar-refractivity contribution < 1.29 is 9.59 Å². The second-order valence-corrected chi connectivity index (χ2v) is 5.58. The number of aromatic nitrogens is 2. The lowest BCUT2D eigenvalue weighted by Gasteiger charge is -2.08. The van der Waals surface area contributed by atoms with Gasteiger partial charge in [0.25, 0.3) is 5.91 Å². The average molecular weight is 335 g/mol. The molecule has 0 radical (unpaired) electrons. The molecule has 23 heavy (non-hydrogen) atoms. The molecule has 2 N–H and O–H groups in total. The molecule has 0 fully saturated rings. The number of nitrogens with zero attached hydrogens (tertiary/aromatic N) is 2. The zero-order chi connectivity index (χ0) is 16.8. The maximum absolute atomic E-state index is 12.0. The van der Waals surface area contributed by atoms with Gasteiger partial charge in [-0.25, -0.2) is 0 Å². The number of carbonyl (C=O) groups excluding carboxylic acids is 2. The van der Waals surface area contributed by atoms with E-state index < -0.39 is 0 Å². The lowest BCUT2D eigenvalue weighted by atomic mass is 10.2. The fraction of sp³-hybridized carbons (Fsp3) is 0.312. The first kappa shape index (κ1) is 17.0. The van der Waals surface area contributed by atoms with Gasteiger partial charge in [-0.15, -0.1) is 0 Å². The van der Waals surface area contributed by atoms with Crippen LogP contribution in [0, 0.1) is 6.92 Å². The Morgan fingerprint density at radius 2 is 2.00 bits per heavy atom. The summed E-state index contributed by atoms with van der Waals surface area (Å²) in [4.78, 5) is 23.8. The third kappa shape index (κ3) is 4.82. The summed E-state index contributed by atoms with van der Waals surface area (Å²) >= 11 is 6.02. The molecule has 2 aromatic rings. The van der Waals surface area contributed by atoms with E-state index in [1.807, 2.05) is 25.1 Å². The van der Waals surface area contributed by atoms with Crippen LogP contribution in [0.5, 0.6) is 0 Å². The van der Waals surface area contributed by atoms with E-state index >= 15 is 0 Å². The van der Waals surface area contributed by atoms with Crippen LogP contribution < -0.4 is 10.6 Å². The van der Waals surface area contributed by atoms with E-state index in [-0.39, 0.29) is 24.8 Å². The summed E-state index contributed by atoms with van der Waals surface area (Å²) in [6, 6.07) is 9.04. The number of aryl methyl sites for hydroxylation is 2. The Morgan fingerprint density at radius 1 is 1.26 bits per heavy atom. The lowest BCUT2D eigenvalue weighted by Crippen LogP contribution is -2.31. The monoisotopic (exact) mass is 334 g/mol. The minimum atomic E-state index is -0.244. The van der Waals surface area contributed by atoms with Crippen molar-refractivity contribution in [3.05, 3.63) is 52.3 Å². The van der Waals surface area contributed by atoms with Crippen molar-refractivity contribution in [2.75, 3.05) is 6.54 Å². The maximum Gasteiger partial charge on any atom is 0.269 e. The van der Waals surface area contributed by atoms with Crippen LogP contribution in [0.25, 0.3) is 0 Å².